The molecule has 0 aromatic rings. The van der Waals surface area contributed by atoms with Crippen LogP contribution in [0.4, 0.5) is 4.79 Å². The van der Waals surface area contributed by atoms with Crippen LogP contribution in [0.3, 0.4) is 0 Å². The van der Waals surface area contributed by atoms with Crippen molar-refractivity contribution in [1.82, 2.24) is 15.1 Å². The van der Waals surface area contributed by atoms with Crippen LogP contribution in [0, 0.1) is 5.92 Å². The quantitative estimate of drug-likeness (QED) is 0.685. The van der Waals surface area contributed by atoms with Crippen molar-refractivity contribution in [1.29, 1.82) is 0 Å². The second kappa shape index (κ2) is 4.83. The number of urea groups is 1. The van der Waals surface area contributed by atoms with Gasteiger partial charge in [-0.05, 0) is 6.42 Å². The summed E-state index contributed by atoms with van der Waals surface area (Å²) in [5, 5.41) is 11.5. The molecule has 3 amide bonds. The molecule has 2 rings (SSSR count). The topological polar surface area (TPSA) is 90.0 Å². The highest BCUT2D eigenvalue weighted by Gasteiger charge is 2.39. The lowest BCUT2D eigenvalue weighted by molar-refractivity contribution is -0.146. The molecule has 1 unspecified atom stereocenters. The predicted molar refractivity (Wildman–Crippen MR) is 61.9 cm³/mol. The lowest BCUT2D eigenvalue weighted by Crippen LogP contribution is -2.57. The Balaban J connectivity index is 1.78. The zero-order chi connectivity index (χ0) is 13.3. The van der Waals surface area contributed by atoms with E-state index in [2.05, 4.69) is 5.32 Å². The van der Waals surface area contributed by atoms with Crippen LogP contribution < -0.4 is 5.32 Å². The molecular weight excluding hydrogens is 238 g/mol. The third kappa shape index (κ3) is 2.55. The Labute approximate surface area is 105 Å². The standard InChI is InChI=1S/C11H17N3O4/c1-7(15)12-9-2-3-13(6-9)11(18)14-4-8(5-14)10(16)17/h8-9H,2-6H2,1H3,(H,12,15)(H,16,17). The van der Waals surface area contributed by atoms with Crippen molar-refractivity contribution >= 4 is 17.9 Å². The molecule has 2 N–H and O–H groups in total. The van der Waals surface area contributed by atoms with Crippen molar-refractivity contribution in [2.45, 2.75) is 19.4 Å². The molecule has 0 aromatic carbocycles. The first kappa shape index (κ1) is 12.7. The maximum absolute atomic E-state index is 12.0. The SMILES string of the molecule is CC(=O)NC1CCN(C(=O)N2CC(C(=O)O)C2)C1. The fraction of sp³-hybridized carbons (Fsp3) is 0.727. The number of amides is 3. The third-order valence-electron chi connectivity index (χ3n) is 3.37. The zero-order valence-electron chi connectivity index (χ0n) is 10.3. The van der Waals surface area contributed by atoms with Gasteiger partial charge in [0.05, 0.1) is 5.92 Å². The van der Waals surface area contributed by atoms with Crippen LogP contribution in [0.5, 0.6) is 0 Å². The summed E-state index contributed by atoms with van der Waals surface area (Å²) in [4.78, 5) is 36.7. The molecule has 2 saturated heterocycles. The van der Waals surface area contributed by atoms with Gasteiger partial charge in [-0.2, -0.15) is 0 Å². The molecule has 0 aromatic heterocycles. The molecule has 2 aliphatic rings. The summed E-state index contributed by atoms with van der Waals surface area (Å²) >= 11 is 0. The summed E-state index contributed by atoms with van der Waals surface area (Å²) in [6.45, 7) is 3.15. The second-order valence-electron chi connectivity index (χ2n) is 4.85. The fourth-order valence-corrected chi connectivity index (χ4v) is 2.33. The van der Waals surface area contributed by atoms with Gasteiger partial charge in [0, 0.05) is 39.1 Å². The van der Waals surface area contributed by atoms with Crippen molar-refractivity contribution in [2.75, 3.05) is 26.2 Å². The highest BCUT2D eigenvalue weighted by atomic mass is 16.4. The van der Waals surface area contributed by atoms with Crippen LogP contribution in [-0.2, 0) is 9.59 Å². The maximum Gasteiger partial charge on any atom is 0.320 e. The van der Waals surface area contributed by atoms with Crippen LogP contribution >= 0.6 is 0 Å². The summed E-state index contributed by atoms with van der Waals surface area (Å²) in [7, 11) is 0. The van der Waals surface area contributed by atoms with Gasteiger partial charge in [0.15, 0.2) is 0 Å². The summed E-state index contributed by atoms with van der Waals surface area (Å²) in [5.41, 5.74) is 0. The minimum atomic E-state index is -0.850. The fourth-order valence-electron chi connectivity index (χ4n) is 2.33. The van der Waals surface area contributed by atoms with Crippen LogP contribution in [0.25, 0.3) is 0 Å². The Morgan fingerprint density at radius 3 is 2.39 bits per heavy atom. The van der Waals surface area contributed by atoms with E-state index < -0.39 is 11.9 Å². The minimum Gasteiger partial charge on any atom is -0.481 e. The molecule has 2 heterocycles. The molecule has 0 bridgehead atoms. The van der Waals surface area contributed by atoms with E-state index in [1.807, 2.05) is 0 Å². The number of rotatable bonds is 2. The zero-order valence-corrected chi connectivity index (χ0v) is 10.3. The van der Waals surface area contributed by atoms with Crippen LogP contribution in [-0.4, -0.2) is 65.0 Å². The molecule has 100 valence electrons. The largest absolute Gasteiger partial charge is 0.481 e. The lowest BCUT2D eigenvalue weighted by Gasteiger charge is -2.38. The number of hydrogen-bond donors (Lipinski definition) is 2. The number of aliphatic carboxylic acids is 1. The first-order chi connectivity index (χ1) is 8.47. The lowest BCUT2D eigenvalue weighted by atomic mass is 10.0. The number of nitrogens with one attached hydrogen (secondary N) is 1. The van der Waals surface area contributed by atoms with Crippen LogP contribution in [0.1, 0.15) is 13.3 Å². The third-order valence-corrected chi connectivity index (χ3v) is 3.37. The number of hydrogen-bond acceptors (Lipinski definition) is 3. The first-order valence-electron chi connectivity index (χ1n) is 6.01. The minimum absolute atomic E-state index is 0.0167. The molecule has 0 saturated carbocycles. The number of carboxylic acid groups (broad SMARTS) is 1. The number of carbonyl (C=O) groups excluding carboxylic acids is 2. The molecule has 18 heavy (non-hydrogen) atoms. The Hall–Kier alpha value is -1.79. The number of likely N-dealkylation sites (tertiary alicyclic amines) is 2. The van der Waals surface area contributed by atoms with Gasteiger partial charge >= 0.3 is 12.0 Å². The second-order valence-corrected chi connectivity index (χ2v) is 4.85. The van der Waals surface area contributed by atoms with Crippen molar-refractivity contribution in [3.05, 3.63) is 0 Å². The van der Waals surface area contributed by atoms with Gasteiger partial charge in [-0.3, -0.25) is 9.59 Å². The van der Waals surface area contributed by atoms with Gasteiger partial charge in [0.2, 0.25) is 5.91 Å². The van der Waals surface area contributed by atoms with Gasteiger partial charge < -0.3 is 20.2 Å². The van der Waals surface area contributed by atoms with Crippen molar-refractivity contribution in [2.24, 2.45) is 5.92 Å². The molecule has 1 atom stereocenters. The highest BCUT2D eigenvalue weighted by Crippen LogP contribution is 2.20. The Morgan fingerprint density at radius 2 is 1.83 bits per heavy atom. The molecule has 0 spiro atoms. The Kier molecular flexibility index (Phi) is 3.40. The molecule has 2 aliphatic heterocycles. The van der Waals surface area contributed by atoms with Gasteiger partial charge in [-0.1, -0.05) is 0 Å². The summed E-state index contributed by atoms with van der Waals surface area (Å²) in [5.74, 6) is -1.37. The predicted octanol–water partition coefficient (Wildman–Crippen LogP) is -0.667. The van der Waals surface area contributed by atoms with E-state index in [1.165, 1.54) is 11.8 Å². The van der Waals surface area contributed by atoms with E-state index in [-0.39, 0.29) is 31.1 Å². The first-order valence-corrected chi connectivity index (χ1v) is 6.01. The summed E-state index contributed by atoms with van der Waals surface area (Å²) < 4.78 is 0. The molecule has 0 radical (unpaired) electrons. The Bertz CT molecular complexity index is 378. The van der Waals surface area contributed by atoms with E-state index in [0.717, 1.165) is 6.42 Å². The number of carbonyl (C=O) groups is 3. The van der Waals surface area contributed by atoms with Gasteiger partial charge in [-0.15, -0.1) is 0 Å². The number of nitrogens with zero attached hydrogens (tertiary/aromatic N) is 2. The number of carboxylic acids is 1. The van der Waals surface area contributed by atoms with E-state index in [1.54, 1.807) is 4.90 Å². The Morgan fingerprint density at radius 1 is 1.17 bits per heavy atom. The molecule has 7 nitrogen and oxygen atoms in total. The normalized spacial score (nSPS) is 23.7. The summed E-state index contributed by atoms with van der Waals surface area (Å²) in [6.07, 6.45) is 0.752. The molecule has 2 fully saturated rings. The summed E-state index contributed by atoms with van der Waals surface area (Å²) in [6, 6.07) is -0.108. The maximum atomic E-state index is 12.0. The van der Waals surface area contributed by atoms with Crippen molar-refractivity contribution in [3.63, 3.8) is 0 Å². The average molecular weight is 255 g/mol. The van der Waals surface area contributed by atoms with Crippen LogP contribution in [0.15, 0.2) is 0 Å². The van der Waals surface area contributed by atoms with Gasteiger partial charge in [0.1, 0.15) is 0 Å². The monoisotopic (exact) mass is 255 g/mol. The highest BCUT2D eigenvalue weighted by molar-refractivity contribution is 5.80. The van der Waals surface area contributed by atoms with E-state index in [9.17, 15) is 14.4 Å². The van der Waals surface area contributed by atoms with Gasteiger partial charge in [0.25, 0.3) is 0 Å². The molecule has 7 heteroatoms. The van der Waals surface area contributed by atoms with Gasteiger partial charge in [-0.25, -0.2) is 4.79 Å². The van der Waals surface area contributed by atoms with E-state index in [0.29, 0.717) is 13.1 Å². The van der Waals surface area contributed by atoms with Crippen molar-refractivity contribution in [3.8, 4) is 0 Å². The average Bonchev–Trinajstić information content (AvgIpc) is 2.61. The van der Waals surface area contributed by atoms with E-state index in [4.69, 9.17) is 5.11 Å². The molecular formula is C11H17N3O4. The smallest absolute Gasteiger partial charge is 0.320 e. The van der Waals surface area contributed by atoms with Crippen molar-refractivity contribution < 1.29 is 19.5 Å². The molecule has 0 aliphatic carbocycles. The van der Waals surface area contributed by atoms with E-state index >= 15 is 0 Å². The van der Waals surface area contributed by atoms with Crippen LogP contribution in [0.2, 0.25) is 0 Å².